The number of benzene rings is 1. The average molecular weight is 370 g/mol. The third kappa shape index (κ3) is 4.04. The first-order valence-electron chi connectivity index (χ1n) is 7.74. The molecule has 2 aromatic rings. The van der Waals surface area contributed by atoms with Crippen LogP contribution in [-0.2, 0) is 6.18 Å². The highest BCUT2D eigenvalue weighted by molar-refractivity contribution is 6.30. The molecule has 0 radical (unpaired) electrons. The lowest BCUT2D eigenvalue weighted by molar-refractivity contribution is -0.136. The number of aromatic nitrogens is 1. The maximum Gasteiger partial charge on any atom is 0.418 e. The molecule has 1 fully saturated rings. The Morgan fingerprint density at radius 3 is 2.48 bits per heavy atom. The third-order valence-electron chi connectivity index (χ3n) is 3.94. The minimum atomic E-state index is -4.54. The minimum Gasteiger partial charge on any atom is -0.354 e. The molecule has 1 saturated heterocycles. The first kappa shape index (κ1) is 17.5. The number of amides is 1. The number of pyridine rings is 1. The van der Waals surface area contributed by atoms with E-state index in [-0.39, 0.29) is 22.3 Å². The van der Waals surface area contributed by atoms with Gasteiger partial charge in [-0.25, -0.2) is 4.98 Å². The summed E-state index contributed by atoms with van der Waals surface area (Å²) in [4.78, 5) is 18.0. The minimum absolute atomic E-state index is 0.00237. The Morgan fingerprint density at radius 2 is 1.88 bits per heavy atom. The molecule has 4 nitrogen and oxygen atoms in total. The fraction of sp³-hybridized carbons (Fsp3) is 0.294. The molecule has 1 N–H and O–H groups in total. The van der Waals surface area contributed by atoms with Gasteiger partial charge in [0.15, 0.2) is 0 Å². The van der Waals surface area contributed by atoms with Crippen LogP contribution in [0.5, 0.6) is 0 Å². The van der Waals surface area contributed by atoms with Crippen molar-refractivity contribution in [3.8, 4) is 0 Å². The van der Waals surface area contributed by atoms with Crippen molar-refractivity contribution in [1.29, 1.82) is 0 Å². The Kier molecular flexibility index (Phi) is 4.85. The van der Waals surface area contributed by atoms with Crippen LogP contribution in [-0.4, -0.2) is 28.9 Å². The van der Waals surface area contributed by atoms with Gasteiger partial charge >= 0.3 is 6.18 Å². The molecule has 0 saturated carbocycles. The molecule has 1 aromatic heterocycles. The summed E-state index contributed by atoms with van der Waals surface area (Å²) < 4.78 is 39.3. The number of halogens is 4. The smallest absolute Gasteiger partial charge is 0.354 e. The predicted octanol–water partition coefficient (Wildman–Crippen LogP) is 4.73. The third-order valence-corrected chi connectivity index (χ3v) is 4.18. The van der Waals surface area contributed by atoms with Crippen molar-refractivity contribution in [3.05, 3.63) is 52.8 Å². The van der Waals surface area contributed by atoms with Crippen LogP contribution >= 0.6 is 11.6 Å². The molecule has 3 rings (SSSR count). The summed E-state index contributed by atoms with van der Waals surface area (Å²) >= 11 is 5.66. The Balaban J connectivity index is 1.79. The zero-order valence-electron chi connectivity index (χ0n) is 13.1. The molecule has 1 aliphatic heterocycles. The van der Waals surface area contributed by atoms with Crippen LogP contribution in [0.15, 0.2) is 36.5 Å². The van der Waals surface area contributed by atoms with Crippen molar-refractivity contribution in [1.82, 2.24) is 9.88 Å². The van der Waals surface area contributed by atoms with E-state index in [4.69, 9.17) is 11.6 Å². The quantitative estimate of drug-likeness (QED) is 0.850. The summed E-state index contributed by atoms with van der Waals surface area (Å²) in [7, 11) is 0. The van der Waals surface area contributed by atoms with Crippen LogP contribution in [0.1, 0.15) is 28.9 Å². The molecular formula is C17H15ClF3N3O. The molecule has 0 unspecified atom stereocenters. The highest BCUT2D eigenvalue weighted by atomic mass is 35.5. The van der Waals surface area contributed by atoms with E-state index < -0.39 is 11.7 Å². The van der Waals surface area contributed by atoms with Crippen molar-refractivity contribution in [3.63, 3.8) is 0 Å². The molecule has 1 aromatic carbocycles. The lowest BCUT2D eigenvalue weighted by Crippen LogP contribution is -2.28. The van der Waals surface area contributed by atoms with Crippen molar-refractivity contribution in [2.24, 2.45) is 0 Å². The molecule has 1 amide bonds. The molecule has 25 heavy (non-hydrogen) atoms. The first-order valence-corrected chi connectivity index (χ1v) is 8.11. The Labute approximate surface area is 147 Å². The first-order chi connectivity index (χ1) is 11.8. The lowest BCUT2D eigenvalue weighted by atomic mass is 10.1. The maximum absolute atomic E-state index is 13.1. The Morgan fingerprint density at radius 1 is 1.16 bits per heavy atom. The number of carbonyl (C=O) groups excluding carboxylic acids is 1. The van der Waals surface area contributed by atoms with E-state index in [1.807, 2.05) is 0 Å². The van der Waals surface area contributed by atoms with Crippen LogP contribution < -0.4 is 5.32 Å². The molecule has 132 valence electrons. The second-order valence-electron chi connectivity index (χ2n) is 5.74. The number of alkyl halides is 3. The topological polar surface area (TPSA) is 45.2 Å². The van der Waals surface area contributed by atoms with Gasteiger partial charge < -0.3 is 10.2 Å². The fourth-order valence-electron chi connectivity index (χ4n) is 2.69. The molecule has 0 spiro atoms. The van der Waals surface area contributed by atoms with E-state index in [1.54, 1.807) is 4.90 Å². The zero-order chi connectivity index (χ0) is 18.0. The van der Waals surface area contributed by atoms with E-state index >= 15 is 0 Å². The summed E-state index contributed by atoms with van der Waals surface area (Å²) in [5.41, 5.74) is -0.361. The number of anilines is 2. The van der Waals surface area contributed by atoms with Gasteiger partial charge in [0, 0.05) is 18.1 Å². The van der Waals surface area contributed by atoms with E-state index in [0.717, 1.165) is 18.9 Å². The fourth-order valence-corrected chi connectivity index (χ4v) is 2.86. The second-order valence-corrected chi connectivity index (χ2v) is 6.18. The number of hydrogen-bond donors (Lipinski definition) is 1. The monoisotopic (exact) mass is 369 g/mol. The van der Waals surface area contributed by atoms with Gasteiger partial charge in [-0.2, -0.15) is 13.2 Å². The van der Waals surface area contributed by atoms with Gasteiger partial charge in [-0.3, -0.25) is 4.79 Å². The number of hydrogen-bond acceptors (Lipinski definition) is 3. The molecular weight excluding hydrogens is 355 g/mol. The highest BCUT2D eigenvalue weighted by Crippen LogP contribution is 2.37. The van der Waals surface area contributed by atoms with E-state index in [9.17, 15) is 18.0 Å². The number of nitrogens with one attached hydrogen (secondary N) is 1. The molecule has 8 heteroatoms. The van der Waals surface area contributed by atoms with Crippen molar-refractivity contribution < 1.29 is 18.0 Å². The van der Waals surface area contributed by atoms with E-state index in [1.165, 1.54) is 30.5 Å². The Bertz CT molecular complexity index is 772. The lowest BCUT2D eigenvalue weighted by Gasteiger charge is -2.16. The predicted molar refractivity (Wildman–Crippen MR) is 89.1 cm³/mol. The van der Waals surface area contributed by atoms with Gasteiger partial charge in [0.2, 0.25) is 0 Å². The van der Waals surface area contributed by atoms with Gasteiger partial charge in [0.1, 0.15) is 5.69 Å². The summed E-state index contributed by atoms with van der Waals surface area (Å²) in [6, 6.07) is 6.53. The average Bonchev–Trinajstić information content (AvgIpc) is 3.10. The molecule has 0 atom stereocenters. The van der Waals surface area contributed by atoms with Crippen LogP contribution in [0.3, 0.4) is 0 Å². The van der Waals surface area contributed by atoms with Gasteiger partial charge in [0.25, 0.3) is 5.91 Å². The van der Waals surface area contributed by atoms with Gasteiger partial charge in [-0.1, -0.05) is 11.6 Å². The van der Waals surface area contributed by atoms with Crippen molar-refractivity contribution in [2.75, 3.05) is 18.4 Å². The summed E-state index contributed by atoms with van der Waals surface area (Å²) in [6.07, 6.45) is -1.24. The SMILES string of the molecule is O=C(c1ccc(Nc2ccc(Cl)cc2C(F)(F)F)cn1)N1CCCC1. The molecule has 0 aliphatic carbocycles. The van der Waals surface area contributed by atoms with Crippen LogP contribution in [0.4, 0.5) is 24.5 Å². The summed E-state index contributed by atoms with van der Waals surface area (Å²) in [5.74, 6) is -0.161. The number of rotatable bonds is 3. The van der Waals surface area contributed by atoms with E-state index in [0.29, 0.717) is 18.8 Å². The number of nitrogens with zero attached hydrogens (tertiary/aromatic N) is 2. The van der Waals surface area contributed by atoms with Gasteiger partial charge in [0.05, 0.1) is 23.1 Å². The Hall–Kier alpha value is -2.28. The van der Waals surface area contributed by atoms with Gasteiger partial charge in [-0.15, -0.1) is 0 Å². The standard InChI is InChI=1S/C17H15ClF3N3O/c18-11-3-5-14(13(9-11)17(19,20)21)23-12-4-6-15(22-10-12)16(25)24-7-1-2-8-24/h3-6,9-10,23H,1-2,7-8H2. The molecule has 1 aliphatic rings. The number of likely N-dealkylation sites (tertiary alicyclic amines) is 1. The van der Waals surface area contributed by atoms with Crippen LogP contribution in [0.2, 0.25) is 5.02 Å². The highest BCUT2D eigenvalue weighted by Gasteiger charge is 2.33. The largest absolute Gasteiger partial charge is 0.418 e. The molecule has 2 heterocycles. The van der Waals surface area contributed by atoms with Gasteiger partial charge in [-0.05, 0) is 43.2 Å². The normalized spacial score (nSPS) is 14.6. The second kappa shape index (κ2) is 6.92. The summed E-state index contributed by atoms with van der Waals surface area (Å²) in [6.45, 7) is 1.42. The zero-order valence-corrected chi connectivity index (χ0v) is 13.9. The number of carbonyl (C=O) groups is 1. The summed E-state index contributed by atoms with van der Waals surface area (Å²) in [5, 5.41) is 2.68. The van der Waals surface area contributed by atoms with Crippen molar-refractivity contribution >= 4 is 28.9 Å². The van der Waals surface area contributed by atoms with Crippen LogP contribution in [0, 0.1) is 0 Å². The van der Waals surface area contributed by atoms with E-state index in [2.05, 4.69) is 10.3 Å². The van der Waals surface area contributed by atoms with Crippen molar-refractivity contribution in [2.45, 2.75) is 19.0 Å². The van der Waals surface area contributed by atoms with Crippen LogP contribution in [0.25, 0.3) is 0 Å². The molecule has 0 bridgehead atoms. The maximum atomic E-state index is 13.1.